The molecule has 0 atom stereocenters. The second-order valence-electron chi connectivity index (χ2n) is 3.89. The van der Waals surface area contributed by atoms with E-state index in [1.54, 1.807) is 0 Å². The molecule has 0 heterocycles. The van der Waals surface area contributed by atoms with Gasteiger partial charge in [-0.05, 0) is 35.1 Å². The first-order valence-electron chi connectivity index (χ1n) is 5.07. The minimum atomic E-state index is 0. The molecule has 1 aliphatic rings. The van der Waals surface area contributed by atoms with Crippen LogP contribution in [0.25, 0.3) is 0 Å². The van der Waals surface area contributed by atoms with Gasteiger partial charge in [0.1, 0.15) is 0 Å². The Labute approximate surface area is 141 Å². The molecule has 0 bridgehead atoms. The predicted molar refractivity (Wildman–Crippen MR) is 72.8 cm³/mol. The molecule has 16 heavy (non-hydrogen) atoms. The molecule has 0 saturated carbocycles. The van der Waals surface area contributed by atoms with Crippen LogP contribution in [0.5, 0.6) is 0 Å². The van der Waals surface area contributed by atoms with E-state index < -0.39 is 0 Å². The Hall–Kier alpha value is 0.440. The first-order chi connectivity index (χ1) is 6.93. The third-order valence-corrected chi connectivity index (χ3v) is 3.00. The van der Waals surface area contributed by atoms with Gasteiger partial charge in [0.25, 0.3) is 0 Å². The molecule has 0 aliphatic heterocycles. The Morgan fingerprint density at radius 2 is 0.750 bits per heavy atom. The van der Waals surface area contributed by atoms with Gasteiger partial charge in [-0.3, -0.25) is 0 Å². The average molecular weight is 228 g/mol. The zero-order valence-corrected chi connectivity index (χ0v) is 8.03. The molecule has 0 nitrogen and oxygen atoms in total. The Kier molecular flexibility index (Phi) is 5.79. The molecule has 0 spiro atoms. The Morgan fingerprint density at radius 3 is 1.00 bits per heavy atom. The van der Waals surface area contributed by atoms with Crippen LogP contribution >= 0.6 is 0 Å². The van der Waals surface area contributed by atoms with Crippen molar-refractivity contribution in [1.29, 1.82) is 0 Å². The summed E-state index contributed by atoms with van der Waals surface area (Å²) in [5.74, 6) is 0. The summed E-state index contributed by atoms with van der Waals surface area (Å²) in [6.45, 7) is 0. The van der Waals surface area contributed by atoms with Gasteiger partial charge in [-0.25, -0.2) is 0 Å². The molecule has 72 valence electrons. The normalized spacial score (nSPS) is 11.5. The minimum Gasteiger partial charge on any atom is -0.0620 e. The van der Waals surface area contributed by atoms with Crippen LogP contribution in [0.1, 0.15) is 22.3 Å². The molecule has 3 rings (SSSR count). The third-order valence-electron chi connectivity index (χ3n) is 3.00. The van der Waals surface area contributed by atoms with Crippen LogP contribution < -0.4 is 0 Å². The van der Waals surface area contributed by atoms with Gasteiger partial charge in [0.05, 0.1) is 0 Å². The van der Waals surface area contributed by atoms with Crippen LogP contribution in [0.4, 0.5) is 0 Å². The van der Waals surface area contributed by atoms with E-state index in [2.05, 4.69) is 48.5 Å². The van der Waals surface area contributed by atoms with E-state index in [1.807, 2.05) is 0 Å². The average Bonchev–Trinajstić information content (AvgIpc) is 2.26. The molecule has 2 aromatic rings. The van der Waals surface area contributed by atoms with Gasteiger partial charge >= 0.3 is 59.1 Å². The maximum Gasteiger partial charge on any atom is -0.00201 e. The maximum atomic E-state index is 2.24. The summed E-state index contributed by atoms with van der Waals surface area (Å²) in [5.41, 5.74) is 5.97. The van der Waals surface area contributed by atoms with E-state index in [9.17, 15) is 0 Å². The molecule has 2 aromatic carbocycles. The summed E-state index contributed by atoms with van der Waals surface area (Å²) in [7, 11) is 0. The minimum absolute atomic E-state index is 0. The van der Waals surface area contributed by atoms with E-state index in [1.165, 1.54) is 22.3 Å². The molecule has 0 aromatic heterocycles. The first kappa shape index (κ1) is 14.5. The number of hydrogen-bond donors (Lipinski definition) is 0. The van der Waals surface area contributed by atoms with Crippen LogP contribution in [0.3, 0.4) is 0 Å². The molecule has 0 unspecified atom stereocenters. The van der Waals surface area contributed by atoms with Gasteiger partial charge in [-0.1, -0.05) is 48.5 Å². The summed E-state index contributed by atoms with van der Waals surface area (Å²) in [4.78, 5) is 0. The monoisotopic (exact) mass is 228 g/mol. The number of rotatable bonds is 0. The molecular weight excluding hydrogens is 214 g/mol. The molecule has 0 N–H and O–H groups in total. The quantitative estimate of drug-likeness (QED) is 0.515. The summed E-state index contributed by atoms with van der Waals surface area (Å²) in [6.07, 6.45) is 2.21. The second-order valence-corrected chi connectivity index (χ2v) is 3.89. The molecule has 0 radical (unpaired) electrons. The molecule has 0 fully saturated rings. The number of fused-ring (bicyclic) bond motifs is 2. The first-order valence-corrected chi connectivity index (χ1v) is 5.07. The maximum absolute atomic E-state index is 2.24. The van der Waals surface area contributed by atoms with E-state index in [0.29, 0.717) is 0 Å². The van der Waals surface area contributed by atoms with E-state index >= 15 is 0 Å². The van der Waals surface area contributed by atoms with Crippen molar-refractivity contribution in [1.82, 2.24) is 0 Å². The Balaban J connectivity index is 0.000000640. The molecule has 0 saturated heterocycles. The third kappa shape index (κ3) is 2.81. The van der Waals surface area contributed by atoms with Crippen molar-refractivity contribution in [3.8, 4) is 0 Å². The SMILES string of the molecule is [NaH].[NaH].c1ccc2c(c1)Cc1ccccc1C2. The summed E-state index contributed by atoms with van der Waals surface area (Å²) in [5, 5.41) is 0. The summed E-state index contributed by atoms with van der Waals surface area (Å²) >= 11 is 0. The molecule has 2 heteroatoms. The largest absolute Gasteiger partial charge is 0.0620 e. The molecule has 1 aliphatic carbocycles. The van der Waals surface area contributed by atoms with Crippen molar-refractivity contribution < 1.29 is 0 Å². The smallest absolute Gasteiger partial charge is 0.00201 e. The van der Waals surface area contributed by atoms with Crippen LogP contribution in [0.15, 0.2) is 48.5 Å². The predicted octanol–water partition coefficient (Wildman–Crippen LogP) is 1.88. The van der Waals surface area contributed by atoms with Gasteiger partial charge in [-0.2, -0.15) is 0 Å². The number of hydrogen-bond acceptors (Lipinski definition) is 0. The van der Waals surface area contributed by atoms with Crippen molar-refractivity contribution in [3.05, 3.63) is 70.8 Å². The van der Waals surface area contributed by atoms with Crippen LogP contribution in [-0.4, -0.2) is 59.1 Å². The fourth-order valence-electron chi connectivity index (χ4n) is 2.22. The van der Waals surface area contributed by atoms with Crippen molar-refractivity contribution in [2.45, 2.75) is 12.8 Å². The second kappa shape index (κ2) is 6.39. The Morgan fingerprint density at radius 1 is 0.500 bits per heavy atom. The fourth-order valence-corrected chi connectivity index (χ4v) is 2.22. The Bertz CT molecular complexity index is 390. The van der Waals surface area contributed by atoms with E-state index in [4.69, 9.17) is 0 Å². The molecule has 0 amide bonds. The van der Waals surface area contributed by atoms with Gasteiger partial charge in [-0.15, -0.1) is 0 Å². The van der Waals surface area contributed by atoms with Gasteiger partial charge in [0.2, 0.25) is 0 Å². The van der Waals surface area contributed by atoms with Crippen molar-refractivity contribution >= 4 is 59.1 Å². The summed E-state index contributed by atoms with van der Waals surface area (Å²) < 4.78 is 0. The fraction of sp³-hybridized carbons (Fsp3) is 0.143. The van der Waals surface area contributed by atoms with E-state index in [-0.39, 0.29) is 59.1 Å². The topological polar surface area (TPSA) is 0 Å². The standard InChI is InChI=1S/C14H12.2Na.2H/c1-2-6-12-10-14-8-4-3-7-13(14)9-11(12)5-1;;;;/h1-8H,9-10H2;;;;. The number of benzene rings is 2. The zero-order valence-electron chi connectivity index (χ0n) is 8.03. The van der Waals surface area contributed by atoms with Crippen LogP contribution in [0.2, 0.25) is 0 Å². The van der Waals surface area contributed by atoms with Gasteiger partial charge in [0, 0.05) is 0 Å². The van der Waals surface area contributed by atoms with Crippen molar-refractivity contribution in [2.75, 3.05) is 0 Å². The zero-order chi connectivity index (χ0) is 9.38. The summed E-state index contributed by atoms with van der Waals surface area (Å²) in [6, 6.07) is 17.5. The van der Waals surface area contributed by atoms with Crippen LogP contribution in [-0.2, 0) is 12.8 Å². The van der Waals surface area contributed by atoms with Gasteiger partial charge < -0.3 is 0 Å². The van der Waals surface area contributed by atoms with Crippen molar-refractivity contribution in [3.63, 3.8) is 0 Å². The van der Waals surface area contributed by atoms with Crippen molar-refractivity contribution in [2.24, 2.45) is 0 Å². The van der Waals surface area contributed by atoms with Crippen LogP contribution in [0, 0.1) is 0 Å². The van der Waals surface area contributed by atoms with Gasteiger partial charge in [0.15, 0.2) is 0 Å². The van der Waals surface area contributed by atoms with E-state index in [0.717, 1.165) is 12.8 Å². The molecular formula is C14H14Na2.